The molecule has 0 bridgehead atoms. The third-order valence-electron chi connectivity index (χ3n) is 6.91. The van der Waals surface area contributed by atoms with Gasteiger partial charge in [0.2, 0.25) is 5.91 Å². The number of hydrogen-bond donors (Lipinski definition) is 2. The molecule has 34 heavy (non-hydrogen) atoms. The molecule has 2 aromatic rings. The SMILES string of the molecule is CC1CCCN(C(=O)C(CCC(=O)O)NC(=O)OCC2c3ccccc3-c3ccccc32)CC1. The van der Waals surface area contributed by atoms with Gasteiger partial charge in [-0.05, 0) is 53.9 Å². The summed E-state index contributed by atoms with van der Waals surface area (Å²) in [4.78, 5) is 38.8. The molecule has 0 spiro atoms. The van der Waals surface area contributed by atoms with Gasteiger partial charge in [-0.15, -0.1) is 0 Å². The molecular weight excluding hydrogens is 432 g/mol. The lowest BCUT2D eigenvalue weighted by Gasteiger charge is -2.26. The number of rotatable bonds is 7. The van der Waals surface area contributed by atoms with E-state index in [1.165, 1.54) is 0 Å². The Labute approximate surface area is 200 Å². The van der Waals surface area contributed by atoms with Gasteiger partial charge in [0, 0.05) is 25.4 Å². The molecule has 7 heteroatoms. The van der Waals surface area contributed by atoms with Crippen LogP contribution in [0.5, 0.6) is 0 Å². The molecule has 1 heterocycles. The van der Waals surface area contributed by atoms with E-state index in [4.69, 9.17) is 9.84 Å². The van der Waals surface area contributed by atoms with Crippen LogP contribution in [0.3, 0.4) is 0 Å². The second-order valence-corrected chi connectivity index (χ2v) is 9.32. The van der Waals surface area contributed by atoms with Crippen molar-refractivity contribution in [1.29, 1.82) is 0 Å². The number of carboxylic acids is 1. The summed E-state index contributed by atoms with van der Waals surface area (Å²) in [5.41, 5.74) is 4.48. The topological polar surface area (TPSA) is 95.9 Å². The number of benzene rings is 2. The van der Waals surface area contributed by atoms with Gasteiger partial charge in [0.1, 0.15) is 12.6 Å². The summed E-state index contributed by atoms with van der Waals surface area (Å²) >= 11 is 0. The fraction of sp³-hybridized carbons (Fsp3) is 0.444. The number of fused-ring (bicyclic) bond motifs is 3. The van der Waals surface area contributed by atoms with Gasteiger partial charge in [0.15, 0.2) is 0 Å². The van der Waals surface area contributed by atoms with E-state index in [0.717, 1.165) is 41.5 Å². The molecule has 0 radical (unpaired) electrons. The predicted molar refractivity (Wildman–Crippen MR) is 128 cm³/mol. The van der Waals surface area contributed by atoms with Crippen LogP contribution >= 0.6 is 0 Å². The number of likely N-dealkylation sites (tertiary alicyclic amines) is 1. The first kappa shape index (κ1) is 23.8. The highest BCUT2D eigenvalue weighted by Gasteiger charge is 2.31. The minimum atomic E-state index is -1.00. The monoisotopic (exact) mass is 464 g/mol. The Morgan fingerprint density at radius 3 is 2.32 bits per heavy atom. The lowest BCUT2D eigenvalue weighted by molar-refractivity contribution is -0.138. The Hall–Kier alpha value is -3.35. The molecule has 7 nitrogen and oxygen atoms in total. The molecule has 2 atom stereocenters. The number of hydrogen-bond acceptors (Lipinski definition) is 4. The molecule has 2 unspecified atom stereocenters. The number of carboxylic acid groups (broad SMARTS) is 1. The summed E-state index contributed by atoms with van der Waals surface area (Å²) in [7, 11) is 0. The largest absolute Gasteiger partial charge is 0.481 e. The van der Waals surface area contributed by atoms with Crippen LogP contribution in [0.25, 0.3) is 11.1 Å². The molecule has 2 N–H and O–H groups in total. The van der Waals surface area contributed by atoms with E-state index in [2.05, 4.69) is 24.4 Å². The molecule has 1 saturated heterocycles. The Morgan fingerprint density at radius 2 is 1.68 bits per heavy atom. The smallest absolute Gasteiger partial charge is 0.407 e. The highest BCUT2D eigenvalue weighted by Crippen LogP contribution is 2.44. The average Bonchev–Trinajstić information content (AvgIpc) is 2.98. The Balaban J connectivity index is 1.42. The van der Waals surface area contributed by atoms with Crippen molar-refractivity contribution in [3.8, 4) is 11.1 Å². The van der Waals surface area contributed by atoms with Gasteiger partial charge < -0.3 is 20.1 Å². The number of nitrogens with zero attached hydrogens (tertiary/aromatic N) is 1. The molecule has 1 aliphatic carbocycles. The second-order valence-electron chi connectivity index (χ2n) is 9.32. The minimum Gasteiger partial charge on any atom is -0.481 e. The van der Waals surface area contributed by atoms with Crippen LogP contribution in [0.2, 0.25) is 0 Å². The van der Waals surface area contributed by atoms with Gasteiger partial charge >= 0.3 is 12.1 Å². The maximum atomic E-state index is 13.2. The highest BCUT2D eigenvalue weighted by molar-refractivity contribution is 5.86. The standard InChI is InChI=1S/C27H32N2O5/c1-18-7-6-15-29(16-14-18)26(32)24(12-13-25(30)31)28-27(33)34-17-23-21-10-4-2-8-19(21)20-9-3-5-11-22(20)23/h2-5,8-11,18,23-24H,6-7,12-17H2,1H3,(H,28,33)(H,30,31). The quantitative estimate of drug-likeness (QED) is 0.633. The lowest BCUT2D eigenvalue weighted by atomic mass is 9.98. The van der Waals surface area contributed by atoms with E-state index in [1.54, 1.807) is 4.90 Å². The van der Waals surface area contributed by atoms with E-state index in [9.17, 15) is 14.4 Å². The van der Waals surface area contributed by atoms with Gasteiger partial charge in [-0.2, -0.15) is 0 Å². The van der Waals surface area contributed by atoms with E-state index in [0.29, 0.717) is 19.0 Å². The number of carbonyl (C=O) groups excluding carboxylic acids is 2. The zero-order chi connectivity index (χ0) is 24.1. The van der Waals surface area contributed by atoms with Crippen molar-refractivity contribution >= 4 is 18.0 Å². The van der Waals surface area contributed by atoms with Gasteiger partial charge in [-0.25, -0.2) is 4.79 Å². The third-order valence-corrected chi connectivity index (χ3v) is 6.91. The first-order valence-electron chi connectivity index (χ1n) is 12.1. The van der Waals surface area contributed by atoms with Crippen molar-refractivity contribution in [2.45, 2.75) is 51.0 Å². The normalized spacial score (nSPS) is 18.4. The first-order valence-corrected chi connectivity index (χ1v) is 12.1. The molecule has 0 saturated carbocycles. The number of carbonyl (C=O) groups is 3. The molecule has 2 aromatic carbocycles. The first-order chi connectivity index (χ1) is 16.4. The summed E-state index contributed by atoms with van der Waals surface area (Å²) in [5.74, 6) is -0.774. The van der Waals surface area contributed by atoms with Gasteiger partial charge in [0.25, 0.3) is 0 Å². The van der Waals surface area contributed by atoms with Crippen molar-refractivity contribution < 1.29 is 24.2 Å². The van der Waals surface area contributed by atoms with Crippen molar-refractivity contribution in [1.82, 2.24) is 10.2 Å². The van der Waals surface area contributed by atoms with Crippen LogP contribution < -0.4 is 5.32 Å². The van der Waals surface area contributed by atoms with Gasteiger partial charge in [-0.1, -0.05) is 55.5 Å². The Kier molecular flexibility index (Phi) is 7.50. The van der Waals surface area contributed by atoms with E-state index in [-0.39, 0.29) is 31.3 Å². The summed E-state index contributed by atoms with van der Waals surface area (Å²) in [6, 6.07) is 15.2. The summed E-state index contributed by atoms with van der Waals surface area (Å²) in [5, 5.41) is 11.8. The van der Waals surface area contributed by atoms with Gasteiger partial charge in [-0.3, -0.25) is 9.59 Å². The van der Waals surface area contributed by atoms with Crippen LogP contribution in [-0.2, 0) is 14.3 Å². The molecular formula is C27H32N2O5. The molecule has 1 aliphatic heterocycles. The Bertz CT molecular complexity index is 1010. The summed E-state index contributed by atoms with van der Waals surface area (Å²) < 4.78 is 5.59. The lowest BCUT2D eigenvalue weighted by Crippen LogP contribution is -2.49. The van der Waals surface area contributed by atoms with Crippen molar-refractivity contribution in [2.24, 2.45) is 5.92 Å². The maximum Gasteiger partial charge on any atom is 0.407 e. The van der Waals surface area contributed by atoms with Crippen molar-refractivity contribution in [3.63, 3.8) is 0 Å². The molecule has 4 rings (SSSR count). The second kappa shape index (κ2) is 10.7. The average molecular weight is 465 g/mol. The predicted octanol–water partition coefficient (Wildman–Crippen LogP) is 4.41. The van der Waals surface area contributed by atoms with Crippen LogP contribution in [0, 0.1) is 5.92 Å². The molecule has 2 amide bonds. The van der Waals surface area contributed by atoms with Crippen molar-refractivity contribution in [2.75, 3.05) is 19.7 Å². The molecule has 1 fully saturated rings. The number of alkyl carbamates (subject to hydrolysis) is 1. The summed E-state index contributed by atoms with van der Waals surface area (Å²) in [6.07, 6.45) is 2.00. The van der Waals surface area contributed by atoms with Crippen LogP contribution in [0.4, 0.5) is 4.79 Å². The fourth-order valence-corrected chi connectivity index (χ4v) is 5.01. The highest BCUT2D eigenvalue weighted by atomic mass is 16.5. The third kappa shape index (κ3) is 5.41. The number of ether oxygens (including phenoxy) is 1. The molecule has 180 valence electrons. The molecule has 2 aliphatic rings. The van der Waals surface area contributed by atoms with Crippen molar-refractivity contribution in [3.05, 3.63) is 59.7 Å². The van der Waals surface area contributed by atoms with E-state index in [1.807, 2.05) is 36.4 Å². The maximum absolute atomic E-state index is 13.2. The fourth-order valence-electron chi connectivity index (χ4n) is 5.01. The minimum absolute atomic E-state index is 0.0322. The molecule has 0 aromatic heterocycles. The van der Waals surface area contributed by atoms with E-state index >= 15 is 0 Å². The summed E-state index contributed by atoms with van der Waals surface area (Å²) in [6.45, 7) is 3.56. The zero-order valence-corrected chi connectivity index (χ0v) is 19.5. The Morgan fingerprint density at radius 1 is 1.03 bits per heavy atom. The van der Waals surface area contributed by atoms with Gasteiger partial charge in [0.05, 0.1) is 0 Å². The number of amides is 2. The van der Waals surface area contributed by atoms with Crippen LogP contribution in [0.1, 0.15) is 56.1 Å². The number of aliphatic carboxylic acids is 1. The van der Waals surface area contributed by atoms with E-state index < -0.39 is 18.1 Å². The van der Waals surface area contributed by atoms with Crippen LogP contribution in [0.15, 0.2) is 48.5 Å². The number of nitrogens with one attached hydrogen (secondary N) is 1. The van der Waals surface area contributed by atoms with Crippen LogP contribution in [-0.4, -0.2) is 53.7 Å². The zero-order valence-electron chi connectivity index (χ0n) is 19.5.